The third-order valence-corrected chi connectivity index (χ3v) is 7.72. The van der Waals surface area contributed by atoms with E-state index in [0.717, 1.165) is 5.76 Å². The van der Waals surface area contributed by atoms with Gasteiger partial charge in [0.05, 0.1) is 23.1 Å². The van der Waals surface area contributed by atoms with Crippen molar-refractivity contribution in [1.29, 1.82) is 0 Å². The van der Waals surface area contributed by atoms with Crippen molar-refractivity contribution in [1.82, 2.24) is 5.06 Å². The zero-order chi connectivity index (χ0) is 18.2. The minimum Gasteiger partial charge on any atom is -0.390 e. The Labute approximate surface area is 148 Å². The number of fused-ring (bicyclic) bond motifs is 4. The summed E-state index contributed by atoms with van der Waals surface area (Å²) in [6.07, 6.45) is 1.39. The zero-order valence-electron chi connectivity index (χ0n) is 14.8. The normalized spacial score (nSPS) is 38.7. The average Bonchev–Trinajstić information content (AvgIpc) is 3.05. The van der Waals surface area contributed by atoms with Gasteiger partial charge < -0.3 is 15.1 Å². The van der Waals surface area contributed by atoms with Gasteiger partial charge in [0.25, 0.3) is 0 Å². The number of hydroxylamine groups is 2. The zero-order valence-corrected chi connectivity index (χ0v) is 15.7. The Kier molecular flexibility index (Phi) is 3.60. The van der Waals surface area contributed by atoms with Crippen LogP contribution in [0.1, 0.15) is 40.0 Å². The number of aliphatic hydroxyl groups is 2. The van der Waals surface area contributed by atoms with Crippen LogP contribution in [-0.2, 0) is 14.7 Å². The monoisotopic (exact) mass is 370 g/mol. The quantitative estimate of drug-likeness (QED) is 0.649. The maximum absolute atomic E-state index is 11.9. The molecule has 0 amide bonds. The number of rotatable bonds is 0. The van der Waals surface area contributed by atoms with Gasteiger partial charge in [-0.3, -0.25) is 4.99 Å². The van der Waals surface area contributed by atoms with Crippen molar-refractivity contribution >= 4 is 15.7 Å². The van der Waals surface area contributed by atoms with Gasteiger partial charge in [0.2, 0.25) is 0 Å². The van der Waals surface area contributed by atoms with E-state index in [0.29, 0.717) is 25.1 Å². The van der Waals surface area contributed by atoms with Crippen molar-refractivity contribution in [3.8, 4) is 0 Å². The van der Waals surface area contributed by atoms with E-state index in [1.807, 2.05) is 26.8 Å². The Hall–Kier alpha value is -1.12. The van der Waals surface area contributed by atoms with E-state index in [-0.39, 0.29) is 22.8 Å². The molecule has 1 saturated heterocycles. The van der Waals surface area contributed by atoms with Gasteiger partial charge in [-0.25, -0.2) is 8.42 Å². The highest BCUT2D eigenvalue weighted by Gasteiger charge is 2.60. The molecule has 0 unspecified atom stereocenters. The van der Waals surface area contributed by atoms with Gasteiger partial charge in [0, 0.05) is 17.4 Å². The lowest BCUT2D eigenvalue weighted by Gasteiger charge is -2.47. The Balaban J connectivity index is 1.77. The van der Waals surface area contributed by atoms with Crippen LogP contribution in [0, 0.1) is 11.3 Å². The standard InChI is InChI=1S/C17H26N2O5S/c1-16(2,3)12-9-13-18-17(4-6-25(22,23)7-5-17)10-8-11(20)15(21)14(10)19(13)24-12/h9-11,14-15,20-21H,4-8H2,1-3H3/t10-,11-,14-,15-/m1/s1. The van der Waals surface area contributed by atoms with E-state index >= 15 is 0 Å². The summed E-state index contributed by atoms with van der Waals surface area (Å²) in [6.45, 7) is 6.12. The van der Waals surface area contributed by atoms with Gasteiger partial charge in [0.1, 0.15) is 17.9 Å². The van der Waals surface area contributed by atoms with E-state index in [9.17, 15) is 18.6 Å². The SMILES string of the molecule is CC(C)(C)C1=CC2=NC3(CCS(=O)(=O)CC3)[C@@H]3C[C@@H](O)[C@@H](O)[C@@H]3N2O1. The summed E-state index contributed by atoms with van der Waals surface area (Å²) < 4.78 is 23.8. The Bertz CT molecular complexity index is 737. The summed E-state index contributed by atoms with van der Waals surface area (Å²) >= 11 is 0. The minimum absolute atomic E-state index is 0.107. The summed E-state index contributed by atoms with van der Waals surface area (Å²) in [6, 6.07) is -0.403. The first-order chi connectivity index (χ1) is 11.5. The van der Waals surface area contributed by atoms with Gasteiger partial charge in [-0.2, -0.15) is 5.06 Å². The van der Waals surface area contributed by atoms with E-state index in [1.165, 1.54) is 0 Å². The Morgan fingerprint density at radius 2 is 1.92 bits per heavy atom. The Morgan fingerprint density at radius 3 is 2.52 bits per heavy atom. The van der Waals surface area contributed by atoms with Gasteiger partial charge in [-0.15, -0.1) is 0 Å². The molecule has 4 rings (SSSR count). The highest BCUT2D eigenvalue weighted by atomic mass is 32.2. The van der Waals surface area contributed by atoms with Crippen LogP contribution in [0.4, 0.5) is 0 Å². The van der Waals surface area contributed by atoms with E-state index in [2.05, 4.69) is 0 Å². The largest absolute Gasteiger partial charge is 0.390 e. The summed E-state index contributed by atoms with van der Waals surface area (Å²) in [5.41, 5.74) is -0.756. The number of aliphatic hydroxyl groups excluding tert-OH is 2. The van der Waals surface area contributed by atoms with Gasteiger partial charge in [-0.1, -0.05) is 20.8 Å². The molecule has 4 aliphatic rings. The second-order valence-electron chi connectivity index (χ2n) is 8.79. The molecule has 3 heterocycles. The van der Waals surface area contributed by atoms with Crippen LogP contribution in [0.2, 0.25) is 0 Å². The van der Waals surface area contributed by atoms with Crippen molar-refractivity contribution in [3.63, 3.8) is 0 Å². The Morgan fingerprint density at radius 1 is 1.28 bits per heavy atom. The molecule has 140 valence electrons. The van der Waals surface area contributed by atoms with E-state index < -0.39 is 33.6 Å². The first-order valence-corrected chi connectivity index (χ1v) is 10.7. The van der Waals surface area contributed by atoms with Crippen LogP contribution in [0.15, 0.2) is 16.8 Å². The van der Waals surface area contributed by atoms with Gasteiger partial charge in [0.15, 0.2) is 15.7 Å². The van der Waals surface area contributed by atoms with Crippen LogP contribution in [0.25, 0.3) is 0 Å². The van der Waals surface area contributed by atoms with Crippen molar-refractivity contribution < 1.29 is 23.5 Å². The molecule has 0 aromatic rings. The number of sulfone groups is 1. The van der Waals surface area contributed by atoms with E-state index in [4.69, 9.17) is 9.83 Å². The number of hydrogen-bond acceptors (Lipinski definition) is 7. The molecule has 1 saturated carbocycles. The third kappa shape index (κ3) is 2.61. The fraction of sp³-hybridized carbons (Fsp3) is 0.824. The molecule has 3 aliphatic heterocycles. The highest BCUT2D eigenvalue weighted by Crippen LogP contribution is 2.50. The molecule has 0 bridgehead atoms. The number of allylic oxidation sites excluding steroid dienone is 1. The third-order valence-electron chi connectivity index (χ3n) is 6.06. The van der Waals surface area contributed by atoms with Crippen molar-refractivity contribution in [3.05, 3.63) is 11.8 Å². The van der Waals surface area contributed by atoms with Crippen LogP contribution in [-0.4, -0.2) is 64.8 Å². The van der Waals surface area contributed by atoms with Crippen molar-refractivity contribution in [2.45, 2.75) is 63.8 Å². The minimum atomic E-state index is -3.02. The summed E-state index contributed by atoms with van der Waals surface area (Å²) in [5.74, 6) is 1.49. The molecule has 4 atom stereocenters. The fourth-order valence-electron chi connectivity index (χ4n) is 4.54. The number of aliphatic imine (C=N–C) groups is 1. The van der Waals surface area contributed by atoms with Crippen LogP contribution in [0.3, 0.4) is 0 Å². The molecule has 0 aromatic carbocycles. The maximum atomic E-state index is 11.9. The molecule has 2 N–H and O–H groups in total. The summed E-state index contributed by atoms with van der Waals surface area (Å²) in [7, 11) is -3.02. The highest BCUT2D eigenvalue weighted by molar-refractivity contribution is 7.91. The predicted octanol–water partition coefficient (Wildman–Crippen LogP) is 0.633. The number of nitrogens with zero attached hydrogens (tertiary/aromatic N) is 2. The summed E-state index contributed by atoms with van der Waals surface area (Å²) in [5, 5.41) is 22.5. The fourth-order valence-corrected chi connectivity index (χ4v) is 6.07. The average molecular weight is 370 g/mol. The molecule has 7 nitrogen and oxygen atoms in total. The summed E-state index contributed by atoms with van der Waals surface area (Å²) in [4.78, 5) is 10.9. The molecule has 25 heavy (non-hydrogen) atoms. The van der Waals surface area contributed by atoms with Crippen LogP contribution in [0.5, 0.6) is 0 Å². The first-order valence-electron chi connectivity index (χ1n) is 8.88. The smallest absolute Gasteiger partial charge is 0.163 e. The van der Waals surface area contributed by atoms with Crippen LogP contribution >= 0.6 is 0 Å². The van der Waals surface area contributed by atoms with Gasteiger partial charge >= 0.3 is 0 Å². The predicted molar refractivity (Wildman–Crippen MR) is 92.4 cm³/mol. The van der Waals surface area contributed by atoms with Gasteiger partial charge in [-0.05, 0) is 19.3 Å². The number of amidine groups is 1. The topological polar surface area (TPSA) is 99.4 Å². The van der Waals surface area contributed by atoms with Crippen molar-refractivity contribution in [2.75, 3.05) is 11.5 Å². The second-order valence-corrected chi connectivity index (χ2v) is 11.1. The molecule has 1 aliphatic carbocycles. The molecule has 0 radical (unpaired) electrons. The second kappa shape index (κ2) is 5.20. The van der Waals surface area contributed by atoms with Crippen molar-refractivity contribution in [2.24, 2.45) is 16.3 Å². The van der Waals surface area contributed by atoms with Crippen LogP contribution < -0.4 is 0 Å². The first kappa shape index (κ1) is 17.3. The lowest BCUT2D eigenvalue weighted by Crippen LogP contribution is -2.58. The lowest BCUT2D eigenvalue weighted by molar-refractivity contribution is -0.143. The molecule has 1 spiro atoms. The molecule has 8 heteroatoms. The molecule has 0 aromatic heterocycles. The lowest BCUT2D eigenvalue weighted by atomic mass is 9.75. The molecular weight excluding hydrogens is 344 g/mol. The number of hydrogen-bond donors (Lipinski definition) is 2. The van der Waals surface area contributed by atoms with E-state index in [1.54, 1.807) is 5.06 Å². The maximum Gasteiger partial charge on any atom is 0.163 e. The molecular formula is C17H26N2O5S. The molecule has 2 fully saturated rings.